The van der Waals surface area contributed by atoms with Crippen LogP contribution in [0.4, 0.5) is 26.3 Å². The normalized spacial score (nSPS) is 33.1. The van der Waals surface area contributed by atoms with E-state index >= 15 is 0 Å². The van der Waals surface area contributed by atoms with Crippen molar-refractivity contribution < 1.29 is 54.9 Å². The number of halogens is 6. The van der Waals surface area contributed by atoms with Crippen molar-refractivity contribution in [3.63, 3.8) is 0 Å². The van der Waals surface area contributed by atoms with Gasteiger partial charge in [-0.25, -0.2) is 0 Å². The first-order chi connectivity index (χ1) is 13.5. The second-order valence-corrected chi connectivity index (χ2v) is 8.78. The van der Waals surface area contributed by atoms with Crippen LogP contribution in [0.2, 0.25) is 0 Å². The molecule has 2 aliphatic carbocycles. The standard InChI is InChI=1S/C18H20F6O6/c1-4-14(2,3)12(26)28-9-6-15(7-16(9)5-8(15)10(25)30-16)13(27)29-11(17(19,20)21)18(22,23)24/h8-9,11H,4-7H2,1-3H3. The van der Waals surface area contributed by atoms with Crippen LogP contribution in [-0.2, 0) is 28.6 Å². The number of hydrogen-bond acceptors (Lipinski definition) is 6. The first-order valence-electron chi connectivity index (χ1n) is 9.27. The highest BCUT2D eigenvalue weighted by atomic mass is 19.4. The van der Waals surface area contributed by atoms with E-state index < -0.39 is 71.2 Å². The molecule has 1 saturated heterocycles. The Morgan fingerprint density at radius 2 is 1.70 bits per heavy atom. The van der Waals surface area contributed by atoms with Gasteiger partial charge in [0.15, 0.2) is 5.60 Å². The summed E-state index contributed by atoms with van der Waals surface area (Å²) in [6, 6.07) is 0. The molecule has 1 heterocycles. The Hall–Kier alpha value is -2.01. The quantitative estimate of drug-likeness (QED) is 0.366. The zero-order chi connectivity index (χ0) is 22.9. The highest BCUT2D eigenvalue weighted by Crippen LogP contribution is 2.67. The highest BCUT2D eigenvalue weighted by Gasteiger charge is 2.79. The van der Waals surface area contributed by atoms with Gasteiger partial charge in [-0.05, 0) is 20.3 Å². The zero-order valence-corrected chi connectivity index (χ0v) is 16.3. The summed E-state index contributed by atoms with van der Waals surface area (Å²) in [6.07, 6.45) is -17.8. The van der Waals surface area contributed by atoms with Gasteiger partial charge in [0.25, 0.3) is 6.10 Å². The van der Waals surface area contributed by atoms with Crippen molar-refractivity contribution in [3.05, 3.63) is 0 Å². The van der Waals surface area contributed by atoms with Crippen LogP contribution in [0.3, 0.4) is 0 Å². The second kappa shape index (κ2) is 6.49. The molecule has 0 aromatic rings. The summed E-state index contributed by atoms with van der Waals surface area (Å²) in [5, 5.41) is 0. The lowest BCUT2D eigenvalue weighted by atomic mass is 9.74. The van der Waals surface area contributed by atoms with Gasteiger partial charge in [-0.15, -0.1) is 0 Å². The minimum absolute atomic E-state index is 0.145. The molecule has 30 heavy (non-hydrogen) atoms. The maximum Gasteiger partial charge on any atom is 0.434 e. The molecule has 3 fully saturated rings. The van der Waals surface area contributed by atoms with E-state index in [0.29, 0.717) is 6.42 Å². The molecule has 4 unspecified atom stereocenters. The third-order valence-electron chi connectivity index (χ3n) is 6.47. The Labute approximate surface area is 167 Å². The molecule has 0 radical (unpaired) electrons. The predicted octanol–water partition coefficient (Wildman–Crippen LogP) is 3.47. The summed E-state index contributed by atoms with van der Waals surface area (Å²) < 4.78 is 91.5. The Morgan fingerprint density at radius 1 is 1.13 bits per heavy atom. The number of ether oxygens (including phenoxy) is 3. The number of fused-ring (bicyclic) bond motifs is 3. The van der Waals surface area contributed by atoms with E-state index in [1.165, 1.54) is 0 Å². The molecule has 6 nitrogen and oxygen atoms in total. The SMILES string of the molecule is CCC(C)(C)C(=O)OC1CC2(C(=O)OC(C(F)(F)F)C(F)(F)F)CC13CC2C(=O)O3. The van der Waals surface area contributed by atoms with Gasteiger partial charge < -0.3 is 14.2 Å². The van der Waals surface area contributed by atoms with Crippen molar-refractivity contribution in [2.75, 3.05) is 0 Å². The van der Waals surface area contributed by atoms with Crippen LogP contribution in [0.15, 0.2) is 0 Å². The van der Waals surface area contributed by atoms with Crippen LogP contribution in [0.25, 0.3) is 0 Å². The fourth-order valence-electron chi connectivity index (χ4n) is 4.39. The monoisotopic (exact) mass is 446 g/mol. The topological polar surface area (TPSA) is 78.9 Å². The van der Waals surface area contributed by atoms with Crippen molar-refractivity contribution in [1.82, 2.24) is 0 Å². The number of esters is 3. The predicted molar refractivity (Wildman–Crippen MR) is 84.5 cm³/mol. The van der Waals surface area contributed by atoms with E-state index in [2.05, 4.69) is 4.74 Å². The highest BCUT2D eigenvalue weighted by molar-refractivity contribution is 5.91. The van der Waals surface area contributed by atoms with Gasteiger partial charge >= 0.3 is 30.3 Å². The van der Waals surface area contributed by atoms with E-state index in [1.54, 1.807) is 20.8 Å². The van der Waals surface area contributed by atoms with Crippen LogP contribution in [-0.4, -0.2) is 48.1 Å². The van der Waals surface area contributed by atoms with Crippen molar-refractivity contribution >= 4 is 17.9 Å². The number of rotatable bonds is 5. The minimum atomic E-state index is -5.88. The van der Waals surface area contributed by atoms with E-state index in [1.807, 2.05) is 0 Å². The molecule has 0 aromatic carbocycles. The van der Waals surface area contributed by atoms with Crippen LogP contribution < -0.4 is 0 Å². The van der Waals surface area contributed by atoms with E-state index in [-0.39, 0.29) is 12.8 Å². The van der Waals surface area contributed by atoms with Gasteiger partial charge in [-0.1, -0.05) is 6.92 Å². The maximum atomic E-state index is 12.8. The molecule has 0 amide bonds. The molecule has 2 saturated carbocycles. The largest absolute Gasteiger partial charge is 0.458 e. The Morgan fingerprint density at radius 3 is 2.20 bits per heavy atom. The Bertz CT molecular complexity index is 760. The zero-order valence-electron chi connectivity index (χ0n) is 16.3. The van der Waals surface area contributed by atoms with Crippen molar-refractivity contribution in [2.24, 2.45) is 16.7 Å². The van der Waals surface area contributed by atoms with Crippen molar-refractivity contribution in [1.29, 1.82) is 0 Å². The smallest absolute Gasteiger partial charge is 0.434 e. The van der Waals surface area contributed by atoms with Gasteiger partial charge in [0.1, 0.15) is 6.10 Å². The molecule has 1 spiro atoms. The summed E-state index contributed by atoms with van der Waals surface area (Å²) in [7, 11) is 0. The fraction of sp³-hybridized carbons (Fsp3) is 0.833. The summed E-state index contributed by atoms with van der Waals surface area (Å²) in [4.78, 5) is 37.1. The summed E-state index contributed by atoms with van der Waals surface area (Å²) in [5.74, 6) is -4.65. The number of hydrogen-bond donors (Lipinski definition) is 0. The van der Waals surface area contributed by atoms with E-state index in [9.17, 15) is 40.7 Å². The molecule has 3 bridgehead atoms. The number of carbonyl (C=O) groups excluding carboxylic acids is 3. The molecule has 3 aliphatic rings. The summed E-state index contributed by atoms with van der Waals surface area (Å²) in [5.41, 5.74) is -4.34. The van der Waals surface area contributed by atoms with Gasteiger partial charge in [0, 0.05) is 19.3 Å². The Kier molecular flexibility index (Phi) is 4.91. The molecule has 4 atom stereocenters. The lowest BCUT2D eigenvalue weighted by Gasteiger charge is -2.33. The molecule has 0 N–H and O–H groups in total. The first kappa shape index (κ1) is 22.7. The van der Waals surface area contributed by atoms with Crippen LogP contribution in [0.1, 0.15) is 46.5 Å². The van der Waals surface area contributed by atoms with Gasteiger partial charge in [0.05, 0.1) is 16.7 Å². The first-order valence-corrected chi connectivity index (χ1v) is 9.27. The molecule has 0 aromatic heterocycles. The van der Waals surface area contributed by atoms with E-state index in [0.717, 1.165) is 0 Å². The van der Waals surface area contributed by atoms with E-state index in [4.69, 9.17) is 9.47 Å². The molecule has 1 aliphatic heterocycles. The number of alkyl halides is 6. The summed E-state index contributed by atoms with van der Waals surface area (Å²) in [6.45, 7) is 4.90. The average molecular weight is 446 g/mol. The van der Waals surface area contributed by atoms with Crippen molar-refractivity contribution in [3.8, 4) is 0 Å². The average Bonchev–Trinajstić information content (AvgIpc) is 3.18. The molecular weight excluding hydrogens is 426 g/mol. The fourth-order valence-corrected chi connectivity index (χ4v) is 4.39. The van der Waals surface area contributed by atoms with Gasteiger partial charge in [-0.2, -0.15) is 26.3 Å². The van der Waals surface area contributed by atoms with Crippen LogP contribution in [0, 0.1) is 16.7 Å². The Balaban J connectivity index is 1.87. The number of carbonyl (C=O) groups is 3. The lowest BCUT2D eigenvalue weighted by molar-refractivity contribution is -0.316. The van der Waals surface area contributed by atoms with Gasteiger partial charge in [0.2, 0.25) is 0 Å². The third kappa shape index (κ3) is 3.31. The molecule has 170 valence electrons. The lowest BCUT2D eigenvalue weighted by Crippen LogP contribution is -2.50. The third-order valence-corrected chi connectivity index (χ3v) is 6.47. The second-order valence-electron chi connectivity index (χ2n) is 8.78. The molecule has 12 heteroatoms. The maximum absolute atomic E-state index is 12.8. The van der Waals surface area contributed by atoms with Gasteiger partial charge in [-0.3, -0.25) is 14.4 Å². The van der Waals surface area contributed by atoms with Crippen molar-refractivity contribution in [2.45, 2.75) is 76.6 Å². The minimum Gasteiger partial charge on any atom is -0.458 e. The molecular formula is C18H20F6O6. The van der Waals surface area contributed by atoms with Crippen LogP contribution in [0.5, 0.6) is 0 Å². The summed E-state index contributed by atoms with van der Waals surface area (Å²) >= 11 is 0. The molecule has 3 rings (SSSR count). The van der Waals surface area contributed by atoms with Crippen LogP contribution >= 0.6 is 0 Å².